The van der Waals surface area contributed by atoms with Crippen LogP contribution in [-0.4, -0.2) is 52.1 Å². The predicted octanol–water partition coefficient (Wildman–Crippen LogP) is 2.06. The molecule has 0 spiro atoms. The minimum absolute atomic E-state index is 0.0349. The summed E-state index contributed by atoms with van der Waals surface area (Å²) in [6.07, 6.45) is 1.14. The zero-order valence-electron chi connectivity index (χ0n) is 15.1. The smallest absolute Gasteiger partial charge is 0.321 e. The molecule has 1 aromatic rings. The second kappa shape index (κ2) is 10.9. The highest BCUT2D eigenvalue weighted by Gasteiger charge is 2.21. The Labute approximate surface area is 168 Å². The maximum Gasteiger partial charge on any atom is 0.321 e. The number of amides is 3. The van der Waals surface area contributed by atoms with Gasteiger partial charge in [-0.3, -0.25) is 14.9 Å². The molecule has 0 bridgehead atoms. The van der Waals surface area contributed by atoms with Crippen LogP contribution < -0.4 is 10.6 Å². The Bertz CT molecular complexity index is 678. The van der Waals surface area contributed by atoms with Crippen molar-refractivity contribution in [2.75, 3.05) is 18.8 Å². The summed E-state index contributed by atoms with van der Waals surface area (Å²) in [7, 11) is 0. The number of benzene rings is 1. The lowest BCUT2D eigenvalue weighted by Gasteiger charge is -2.17. The van der Waals surface area contributed by atoms with Crippen LogP contribution in [0.4, 0.5) is 4.79 Å². The molecule has 27 heavy (non-hydrogen) atoms. The van der Waals surface area contributed by atoms with Crippen molar-refractivity contribution in [3.63, 3.8) is 0 Å². The highest BCUT2D eigenvalue weighted by Crippen LogP contribution is 2.16. The van der Waals surface area contributed by atoms with Crippen LogP contribution in [0.1, 0.15) is 25.3 Å². The summed E-state index contributed by atoms with van der Waals surface area (Å²) >= 11 is 6.50. The zero-order chi connectivity index (χ0) is 19.6. The minimum atomic E-state index is -1.07. The van der Waals surface area contributed by atoms with Crippen LogP contribution in [0.3, 0.4) is 0 Å². The highest BCUT2D eigenvalue weighted by atomic mass is 32.2. The van der Waals surface area contributed by atoms with Gasteiger partial charge >= 0.3 is 12.0 Å². The van der Waals surface area contributed by atoms with Crippen LogP contribution in [0.15, 0.2) is 30.3 Å². The number of rotatable bonds is 6. The van der Waals surface area contributed by atoms with Crippen LogP contribution in [0.25, 0.3) is 0 Å². The van der Waals surface area contributed by atoms with Crippen molar-refractivity contribution in [3.8, 4) is 0 Å². The third kappa shape index (κ3) is 7.56. The number of thioether (sulfide) groups is 1. The molecule has 1 aromatic carbocycles. The molecule has 0 unspecified atom stereocenters. The van der Waals surface area contributed by atoms with Crippen molar-refractivity contribution in [3.05, 3.63) is 35.9 Å². The summed E-state index contributed by atoms with van der Waals surface area (Å²) < 4.78 is 5.73. The van der Waals surface area contributed by atoms with E-state index in [1.54, 1.807) is 0 Å². The number of thiocarbonyl (C=S) groups is 1. The Kier molecular flexibility index (Phi) is 8.53. The van der Waals surface area contributed by atoms with Crippen molar-refractivity contribution in [1.29, 1.82) is 0 Å². The fraction of sp³-hybridized carbons (Fsp3) is 0.444. The number of carbonyl (C=O) groups excluding carboxylic acids is 3. The lowest BCUT2D eigenvalue weighted by molar-refractivity contribution is -0.151. The summed E-state index contributed by atoms with van der Waals surface area (Å²) in [6, 6.07) is 8.66. The third-order valence-electron chi connectivity index (χ3n) is 3.89. The Morgan fingerprint density at radius 1 is 1.22 bits per heavy atom. The van der Waals surface area contributed by atoms with Gasteiger partial charge < -0.3 is 15.0 Å². The largest absolute Gasteiger partial charge is 0.452 e. The first-order valence-electron chi connectivity index (χ1n) is 8.69. The van der Waals surface area contributed by atoms with E-state index in [0.29, 0.717) is 10.9 Å². The average Bonchev–Trinajstić information content (AvgIpc) is 3.20. The molecule has 1 saturated heterocycles. The molecule has 0 radical (unpaired) electrons. The molecule has 0 saturated carbocycles. The number of likely N-dealkylation sites (tertiary alicyclic amines) is 1. The maximum atomic E-state index is 12.0. The maximum absolute atomic E-state index is 12.0. The first-order chi connectivity index (χ1) is 13.0. The van der Waals surface area contributed by atoms with Crippen LogP contribution in [0.2, 0.25) is 0 Å². The lowest BCUT2D eigenvalue weighted by atomic mass is 10.2. The van der Waals surface area contributed by atoms with E-state index in [9.17, 15) is 14.4 Å². The summed E-state index contributed by atoms with van der Waals surface area (Å²) in [5, 5.41) is 4.73. The Morgan fingerprint density at radius 2 is 1.89 bits per heavy atom. The van der Waals surface area contributed by atoms with E-state index in [0.717, 1.165) is 31.5 Å². The number of hydrogen-bond donors (Lipinski definition) is 2. The molecule has 0 aromatic heterocycles. The van der Waals surface area contributed by atoms with Crippen molar-refractivity contribution >= 4 is 46.2 Å². The second-order valence-electron chi connectivity index (χ2n) is 6.04. The second-order valence-corrected chi connectivity index (χ2v) is 7.65. The van der Waals surface area contributed by atoms with Crippen molar-refractivity contribution in [1.82, 2.24) is 15.5 Å². The molecule has 1 fully saturated rings. The summed E-state index contributed by atoms with van der Waals surface area (Å²) in [5.41, 5.74) is 0.908. The predicted molar refractivity (Wildman–Crippen MR) is 108 cm³/mol. The van der Waals surface area contributed by atoms with E-state index in [4.69, 9.17) is 17.0 Å². The van der Waals surface area contributed by atoms with E-state index >= 15 is 0 Å². The van der Waals surface area contributed by atoms with E-state index in [1.165, 1.54) is 18.7 Å². The molecule has 3 amide bonds. The van der Waals surface area contributed by atoms with Crippen LogP contribution >= 0.6 is 24.0 Å². The van der Waals surface area contributed by atoms with E-state index in [1.807, 2.05) is 30.3 Å². The van der Waals surface area contributed by atoms with Crippen LogP contribution in [-0.2, 0) is 20.9 Å². The lowest BCUT2D eigenvalue weighted by Crippen LogP contribution is -2.44. The molecule has 1 aliphatic rings. The molecule has 0 aliphatic carbocycles. The van der Waals surface area contributed by atoms with E-state index in [2.05, 4.69) is 15.5 Å². The molecule has 146 valence electrons. The number of carbonyl (C=O) groups is 3. The normalized spacial score (nSPS) is 14.3. The quantitative estimate of drug-likeness (QED) is 0.549. The minimum Gasteiger partial charge on any atom is -0.452 e. The van der Waals surface area contributed by atoms with Gasteiger partial charge in [-0.05, 0) is 25.3 Å². The van der Waals surface area contributed by atoms with E-state index < -0.39 is 24.0 Å². The molecule has 2 rings (SSSR count). The SMILES string of the molecule is C[C@@H](OC(=O)CSC(=S)N1CCCC1)C(=O)NC(=O)NCc1ccccc1. The third-order valence-corrected chi connectivity index (χ3v) is 5.38. The van der Waals surface area contributed by atoms with Gasteiger partial charge in [-0.25, -0.2) is 4.79 Å². The molecule has 2 N–H and O–H groups in total. The number of urea groups is 1. The van der Waals surface area contributed by atoms with Gasteiger partial charge in [0.15, 0.2) is 6.10 Å². The molecular formula is C18H23N3O4S2. The molecule has 7 nitrogen and oxygen atoms in total. The Balaban J connectivity index is 1.65. The fourth-order valence-corrected chi connectivity index (χ4v) is 3.47. The van der Waals surface area contributed by atoms with Gasteiger partial charge in [-0.15, -0.1) is 0 Å². The summed E-state index contributed by atoms with van der Waals surface area (Å²) in [4.78, 5) is 37.7. The topological polar surface area (TPSA) is 87.7 Å². The Morgan fingerprint density at radius 3 is 2.56 bits per heavy atom. The van der Waals surface area contributed by atoms with Gasteiger partial charge in [0.2, 0.25) is 0 Å². The molecule has 1 heterocycles. The first-order valence-corrected chi connectivity index (χ1v) is 10.1. The highest BCUT2D eigenvalue weighted by molar-refractivity contribution is 8.23. The molecule has 1 aliphatic heterocycles. The number of esters is 1. The molecule has 1 atom stereocenters. The van der Waals surface area contributed by atoms with Crippen LogP contribution in [0.5, 0.6) is 0 Å². The molecular weight excluding hydrogens is 386 g/mol. The van der Waals surface area contributed by atoms with Crippen molar-refractivity contribution < 1.29 is 19.1 Å². The monoisotopic (exact) mass is 409 g/mol. The number of imide groups is 1. The van der Waals surface area contributed by atoms with Crippen molar-refractivity contribution in [2.45, 2.75) is 32.4 Å². The number of nitrogens with zero attached hydrogens (tertiary/aromatic N) is 1. The molecule has 9 heteroatoms. The van der Waals surface area contributed by atoms with Gasteiger partial charge in [-0.2, -0.15) is 0 Å². The standard InChI is InChI=1S/C18H23N3O4S2/c1-13(25-15(22)12-27-18(26)21-9-5-6-10-21)16(23)20-17(24)19-11-14-7-3-2-4-8-14/h2-4,7-8,13H,5-6,9-12H2,1H3,(H2,19,20,23,24)/t13-/m1/s1. The van der Waals surface area contributed by atoms with Gasteiger partial charge in [0.05, 0.1) is 5.75 Å². The zero-order valence-corrected chi connectivity index (χ0v) is 16.7. The average molecular weight is 410 g/mol. The fourth-order valence-electron chi connectivity index (χ4n) is 2.43. The van der Waals surface area contributed by atoms with Crippen molar-refractivity contribution in [2.24, 2.45) is 0 Å². The van der Waals surface area contributed by atoms with Gasteiger partial charge in [0.25, 0.3) is 5.91 Å². The van der Waals surface area contributed by atoms with Gasteiger partial charge in [0.1, 0.15) is 4.32 Å². The number of ether oxygens (including phenoxy) is 1. The number of nitrogens with one attached hydrogen (secondary N) is 2. The van der Waals surface area contributed by atoms with E-state index in [-0.39, 0.29) is 5.75 Å². The Hall–Kier alpha value is -2.13. The van der Waals surface area contributed by atoms with Gasteiger partial charge in [0, 0.05) is 19.6 Å². The number of hydrogen-bond acceptors (Lipinski definition) is 6. The first kappa shape index (κ1) is 21.2. The van der Waals surface area contributed by atoms with Gasteiger partial charge in [-0.1, -0.05) is 54.3 Å². The van der Waals surface area contributed by atoms with Crippen LogP contribution in [0, 0.1) is 0 Å². The summed E-state index contributed by atoms with van der Waals surface area (Å²) in [5.74, 6) is -1.19. The summed E-state index contributed by atoms with van der Waals surface area (Å²) in [6.45, 7) is 3.54.